The summed E-state index contributed by atoms with van der Waals surface area (Å²) in [5.41, 5.74) is 0.975. The molecule has 6 heteroatoms. The Balaban J connectivity index is 2.28. The highest BCUT2D eigenvalue weighted by Crippen LogP contribution is 2.30. The molecule has 0 N–H and O–H groups in total. The fraction of sp³-hybridized carbons (Fsp3) is 0.667. The van der Waals surface area contributed by atoms with Crippen molar-refractivity contribution in [3.8, 4) is 0 Å². The van der Waals surface area contributed by atoms with Gasteiger partial charge >= 0.3 is 0 Å². The molecular formula is C12H18ClNO2S2. The maximum absolute atomic E-state index is 12.5. The molecule has 0 unspecified atom stereocenters. The fourth-order valence-corrected chi connectivity index (χ4v) is 5.64. The summed E-state index contributed by atoms with van der Waals surface area (Å²) in [4.78, 5) is 0.949. The van der Waals surface area contributed by atoms with E-state index in [4.69, 9.17) is 11.6 Å². The summed E-state index contributed by atoms with van der Waals surface area (Å²) in [7, 11) is -3.30. The Hall–Kier alpha value is -0.100. The van der Waals surface area contributed by atoms with Gasteiger partial charge < -0.3 is 0 Å². The molecule has 1 aromatic rings. The van der Waals surface area contributed by atoms with Crippen LogP contribution in [0.15, 0.2) is 10.3 Å². The molecule has 1 aliphatic heterocycles. The predicted octanol–water partition coefficient (Wildman–Crippen LogP) is 3.36. The van der Waals surface area contributed by atoms with Crippen LogP contribution in [-0.2, 0) is 15.9 Å². The van der Waals surface area contributed by atoms with E-state index in [-0.39, 0.29) is 0 Å². The number of aryl methyl sites for hydroxylation is 1. The topological polar surface area (TPSA) is 37.4 Å². The number of sulfonamides is 1. The molecule has 0 aliphatic carbocycles. The van der Waals surface area contributed by atoms with Gasteiger partial charge in [-0.1, -0.05) is 12.8 Å². The van der Waals surface area contributed by atoms with Crippen LogP contribution in [0, 0.1) is 6.92 Å². The van der Waals surface area contributed by atoms with E-state index in [1.54, 1.807) is 10.4 Å². The minimum atomic E-state index is -3.30. The van der Waals surface area contributed by atoms with Crippen molar-refractivity contribution in [2.24, 2.45) is 0 Å². The zero-order valence-electron chi connectivity index (χ0n) is 10.5. The molecule has 0 radical (unpaired) electrons. The van der Waals surface area contributed by atoms with Crippen molar-refractivity contribution >= 4 is 33.0 Å². The first-order valence-electron chi connectivity index (χ1n) is 6.21. The van der Waals surface area contributed by atoms with Crippen LogP contribution in [-0.4, -0.2) is 25.8 Å². The molecule has 1 saturated heterocycles. The quantitative estimate of drug-likeness (QED) is 0.803. The summed E-state index contributed by atoms with van der Waals surface area (Å²) in [6, 6.07) is 1.75. The Labute approximate surface area is 118 Å². The van der Waals surface area contributed by atoms with Gasteiger partial charge in [-0.3, -0.25) is 0 Å². The number of hydrogen-bond donors (Lipinski definition) is 0. The second kappa shape index (κ2) is 5.90. The lowest BCUT2D eigenvalue weighted by Gasteiger charge is -2.18. The van der Waals surface area contributed by atoms with Crippen LogP contribution in [0.25, 0.3) is 0 Å². The van der Waals surface area contributed by atoms with Crippen molar-refractivity contribution in [3.05, 3.63) is 16.5 Å². The summed E-state index contributed by atoms with van der Waals surface area (Å²) in [6.07, 6.45) is 4.18. The monoisotopic (exact) mass is 307 g/mol. The average Bonchev–Trinajstić information content (AvgIpc) is 2.55. The smallest absolute Gasteiger partial charge is 0.206 e. The van der Waals surface area contributed by atoms with Crippen LogP contribution >= 0.6 is 22.9 Å². The van der Waals surface area contributed by atoms with Crippen molar-refractivity contribution in [3.63, 3.8) is 0 Å². The van der Waals surface area contributed by atoms with Crippen molar-refractivity contribution in [1.29, 1.82) is 0 Å². The summed E-state index contributed by atoms with van der Waals surface area (Å²) in [5, 5.41) is 0. The lowest BCUT2D eigenvalue weighted by Crippen LogP contribution is -2.31. The van der Waals surface area contributed by atoms with E-state index in [1.165, 1.54) is 11.3 Å². The van der Waals surface area contributed by atoms with E-state index in [0.29, 0.717) is 23.2 Å². The van der Waals surface area contributed by atoms with Gasteiger partial charge in [-0.15, -0.1) is 22.9 Å². The normalized spacial score (nSPS) is 18.8. The standard InChI is InChI=1S/C12H18ClNO2S2/c1-10-8-12(17-11(10)9-13)18(15,16)14-6-4-2-3-5-7-14/h8H,2-7,9H2,1H3. The summed E-state index contributed by atoms with van der Waals surface area (Å²) >= 11 is 7.11. The van der Waals surface area contributed by atoms with Crippen molar-refractivity contribution in [2.45, 2.75) is 42.7 Å². The SMILES string of the molecule is Cc1cc(S(=O)(=O)N2CCCCCC2)sc1CCl. The molecule has 1 aliphatic rings. The van der Waals surface area contributed by atoms with E-state index in [9.17, 15) is 8.42 Å². The van der Waals surface area contributed by atoms with Crippen molar-refractivity contribution in [2.75, 3.05) is 13.1 Å². The maximum atomic E-state index is 12.5. The van der Waals surface area contributed by atoms with E-state index in [1.807, 2.05) is 6.92 Å². The summed E-state index contributed by atoms with van der Waals surface area (Å²) in [6.45, 7) is 3.21. The lowest BCUT2D eigenvalue weighted by molar-refractivity contribution is 0.425. The van der Waals surface area contributed by atoms with Crippen LogP contribution in [0.1, 0.15) is 36.1 Å². The van der Waals surface area contributed by atoms with Gasteiger partial charge in [-0.2, -0.15) is 4.31 Å². The van der Waals surface area contributed by atoms with Crippen LogP contribution in [0.4, 0.5) is 0 Å². The largest absolute Gasteiger partial charge is 0.252 e. The molecule has 0 atom stereocenters. The predicted molar refractivity (Wildman–Crippen MR) is 75.8 cm³/mol. The van der Waals surface area contributed by atoms with Gasteiger partial charge in [0, 0.05) is 18.0 Å². The third kappa shape index (κ3) is 2.90. The highest BCUT2D eigenvalue weighted by molar-refractivity contribution is 7.91. The van der Waals surface area contributed by atoms with Crippen LogP contribution in [0.3, 0.4) is 0 Å². The van der Waals surface area contributed by atoms with E-state index in [2.05, 4.69) is 0 Å². The highest BCUT2D eigenvalue weighted by Gasteiger charge is 2.27. The molecule has 0 bridgehead atoms. The van der Waals surface area contributed by atoms with Gasteiger partial charge in [0.1, 0.15) is 4.21 Å². The molecule has 3 nitrogen and oxygen atoms in total. The van der Waals surface area contributed by atoms with E-state index >= 15 is 0 Å². The molecular weight excluding hydrogens is 290 g/mol. The zero-order chi connectivity index (χ0) is 13.2. The number of hydrogen-bond acceptors (Lipinski definition) is 3. The van der Waals surface area contributed by atoms with Crippen molar-refractivity contribution < 1.29 is 8.42 Å². The summed E-state index contributed by atoms with van der Waals surface area (Å²) < 4.78 is 27.1. The van der Waals surface area contributed by atoms with Gasteiger partial charge in [0.05, 0.1) is 5.88 Å². The van der Waals surface area contributed by atoms with Gasteiger partial charge in [-0.25, -0.2) is 8.42 Å². The molecule has 1 fully saturated rings. The molecule has 1 aromatic heterocycles. The number of rotatable bonds is 3. The second-order valence-corrected chi connectivity index (χ2v) is 8.19. The molecule has 102 valence electrons. The fourth-order valence-electron chi connectivity index (χ4n) is 2.16. The first kappa shape index (κ1) is 14.3. The van der Waals surface area contributed by atoms with Crippen LogP contribution in [0.5, 0.6) is 0 Å². The molecule has 2 heterocycles. The van der Waals surface area contributed by atoms with E-state index < -0.39 is 10.0 Å². The molecule has 0 saturated carbocycles. The Kier molecular flexibility index (Phi) is 4.69. The van der Waals surface area contributed by atoms with Crippen LogP contribution in [0.2, 0.25) is 0 Å². The van der Waals surface area contributed by atoms with Gasteiger partial charge in [0.25, 0.3) is 10.0 Å². The first-order chi connectivity index (χ1) is 8.55. The number of thiophene rings is 1. The lowest BCUT2D eigenvalue weighted by atomic mass is 10.2. The minimum Gasteiger partial charge on any atom is -0.206 e. The molecule has 18 heavy (non-hydrogen) atoms. The molecule has 0 spiro atoms. The third-order valence-electron chi connectivity index (χ3n) is 3.28. The van der Waals surface area contributed by atoms with Crippen molar-refractivity contribution in [1.82, 2.24) is 4.31 Å². The molecule has 0 aromatic carbocycles. The molecule has 2 rings (SSSR count). The second-order valence-electron chi connectivity index (χ2n) is 4.62. The Morgan fingerprint density at radius 2 is 1.89 bits per heavy atom. The zero-order valence-corrected chi connectivity index (χ0v) is 12.9. The van der Waals surface area contributed by atoms with Gasteiger partial charge in [-0.05, 0) is 31.4 Å². The molecule has 0 amide bonds. The minimum absolute atomic E-state index is 0.381. The Bertz CT molecular complexity index is 502. The number of halogens is 1. The van der Waals surface area contributed by atoms with E-state index in [0.717, 1.165) is 36.1 Å². The average molecular weight is 308 g/mol. The third-order valence-corrected chi connectivity index (χ3v) is 7.29. The highest BCUT2D eigenvalue weighted by atomic mass is 35.5. The number of nitrogens with zero attached hydrogens (tertiary/aromatic N) is 1. The first-order valence-corrected chi connectivity index (χ1v) is 9.00. The summed E-state index contributed by atoms with van der Waals surface area (Å²) in [5.74, 6) is 0.381. The maximum Gasteiger partial charge on any atom is 0.252 e. The van der Waals surface area contributed by atoms with Gasteiger partial charge in [0.15, 0.2) is 0 Å². The number of alkyl halides is 1. The Morgan fingerprint density at radius 3 is 2.39 bits per heavy atom. The van der Waals surface area contributed by atoms with Crippen LogP contribution < -0.4 is 0 Å². The van der Waals surface area contributed by atoms with Gasteiger partial charge in [0.2, 0.25) is 0 Å². The Morgan fingerprint density at radius 1 is 1.28 bits per heavy atom.